The monoisotopic (exact) mass is 302 g/mol. The molecule has 0 spiro atoms. The van der Waals surface area contributed by atoms with Crippen molar-refractivity contribution < 1.29 is 28.3 Å². The zero-order valence-electron chi connectivity index (χ0n) is 10.8. The summed E-state index contributed by atoms with van der Waals surface area (Å²) >= 11 is 0. The Morgan fingerprint density at radius 1 is 1.48 bits per heavy atom. The topological polar surface area (TPSA) is 92.9 Å². The van der Waals surface area contributed by atoms with Crippen LogP contribution in [-0.4, -0.2) is 53.2 Å². The van der Waals surface area contributed by atoms with E-state index in [0.717, 1.165) is 4.90 Å². The van der Waals surface area contributed by atoms with E-state index in [2.05, 4.69) is 0 Å². The van der Waals surface area contributed by atoms with Crippen LogP contribution in [-0.2, 0) is 4.74 Å². The fourth-order valence-corrected chi connectivity index (χ4v) is 2.07. The number of halogens is 2. The number of morpholine rings is 1. The van der Waals surface area contributed by atoms with E-state index in [1.54, 1.807) is 0 Å². The van der Waals surface area contributed by atoms with E-state index in [1.807, 2.05) is 0 Å². The summed E-state index contributed by atoms with van der Waals surface area (Å²) in [4.78, 5) is 23.0. The molecule has 0 aromatic heterocycles. The first-order valence-corrected chi connectivity index (χ1v) is 6.08. The second-order valence-electron chi connectivity index (χ2n) is 4.45. The maximum absolute atomic E-state index is 13.7. The first-order valence-electron chi connectivity index (χ1n) is 6.08. The SMILES string of the molecule is O=C(c1cc([N+](=O)[O-])c(F)cc1F)N1CCOCC1CO. The van der Waals surface area contributed by atoms with Gasteiger partial charge >= 0.3 is 5.69 Å². The number of nitro groups is 1. The van der Waals surface area contributed by atoms with E-state index in [1.165, 1.54) is 0 Å². The molecular weight excluding hydrogens is 290 g/mol. The molecule has 1 aromatic rings. The summed E-state index contributed by atoms with van der Waals surface area (Å²) in [6.45, 7) is -0.00832. The van der Waals surface area contributed by atoms with Gasteiger partial charge in [0, 0.05) is 18.7 Å². The quantitative estimate of drug-likeness (QED) is 0.655. The predicted molar refractivity (Wildman–Crippen MR) is 65.7 cm³/mol. The minimum Gasteiger partial charge on any atom is -0.394 e. The van der Waals surface area contributed by atoms with E-state index >= 15 is 0 Å². The lowest BCUT2D eigenvalue weighted by Gasteiger charge is -2.34. The number of benzene rings is 1. The number of nitrogens with zero attached hydrogens (tertiary/aromatic N) is 2. The van der Waals surface area contributed by atoms with Crippen LogP contribution in [0.15, 0.2) is 12.1 Å². The smallest absolute Gasteiger partial charge is 0.305 e. The zero-order chi connectivity index (χ0) is 15.6. The Hall–Kier alpha value is -2.13. The fraction of sp³-hybridized carbons (Fsp3) is 0.417. The maximum Gasteiger partial charge on any atom is 0.305 e. The molecule has 1 N–H and O–H groups in total. The van der Waals surface area contributed by atoms with Gasteiger partial charge in [-0.2, -0.15) is 4.39 Å². The summed E-state index contributed by atoms with van der Waals surface area (Å²) < 4.78 is 32.1. The van der Waals surface area contributed by atoms with E-state index < -0.39 is 46.4 Å². The molecule has 9 heteroatoms. The molecule has 1 unspecified atom stereocenters. The minimum absolute atomic E-state index is 0.0765. The van der Waals surface area contributed by atoms with Crippen molar-refractivity contribution in [3.05, 3.63) is 39.4 Å². The van der Waals surface area contributed by atoms with Crippen molar-refractivity contribution >= 4 is 11.6 Å². The molecule has 1 amide bonds. The van der Waals surface area contributed by atoms with Crippen molar-refractivity contribution in [2.24, 2.45) is 0 Å². The van der Waals surface area contributed by atoms with Crippen LogP contribution in [0.25, 0.3) is 0 Å². The second-order valence-corrected chi connectivity index (χ2v) is 4.45. The van der Waals surface area contributed by atoms with Gasteiger partial charge in [0.1, 0.15) is 5.82 Å². The number of carbonyl (C=O) groups is 1. The Labute approximate surface area is 117 Å². The third-order valence-corrected chi connectivity index (χ3v) is 3.16. The Bertz CT molecular complexity index is 581. The van der Waals surface area contributed by atoms with Crippen LogP contribution in [0.4, 0.5) is 14.5 Å². The van der Waals surface area contributed by atoms with Crippen molar-refractivity contribution in [3.8, 4) is 0 Å². The van der Waals surface area contributed by atoms with E-state index in [9.17, 15) is 28.8 Å². The van der Waals surface area contributed by atoms with Gasteiger partial charge in [0.2, 0.25) is 5.82 Å². The van der Waals surface area contributed by atoms with Gasteiger partial charge in [-0.05, 0) is 0 Å². The molecule has 1 heterocycles. The molecule has 0 saturated carbocycles. The number of aliphatic hydroxyl groups is 1. The van der Waals surface area contributed by atoms with Crippen molar-refractivity contribution in [1.82, 2.24) is 4.90 Å². The van der Waals surface area contributed by atoms with Gasteiger partial charge in [0.25, 0.3) is 5.91 Å². The summed E-state index contributed by atoms with van der Waals surface area (Å²) in [5, 5.41) is 19.8. The lowest BCUT2D eigenvalue weighted by Crippen LogP contribution is -2.50. The van der Waals surface area contributed by atoms with Crippen LogP contribution in [0.2, 0.25) is 0 Å². The van der Waals surface area contributed by atoms with Crippen LogP contribution >= 0.6 is 0 Å². The van der Waals surface area contributed by atoms with Crippen molar-refractivity contribution in [2.75, 3.05) is 26.4 Å². The number of carbonyl (C=O) groups excluding carboxylic acids is 1. The number of nitro benzene ring substituents is 1. The number of hydrogen-bond acceptors (Lipinski definition) is 5. The number of ether oxygens (including phenoxy) is 1. The van der Waals surface area contributed by atoms with Crippen LogP contribution in [0.5, 0.6) is 0 Å². The Kier molecular flexibility index (Phi) is 4.43. The van der Waals surface area contributed by atoms with Crippen LogP contribution in [0, 0.1) is 21.7 Å². The molecule has 0 bridgehead atoms. The number of aliphatic hydroxyl groups excluding tert-OH is 1. The number of hydrogen-bond donors (Lipinski definition) is 1. The molecule has 1 aliphatic rings. The highest BCUT2D eigenvalue weighted by atomic mass is 19.1. The lowest BCUT2D eigenvalue weighted by atomic mass is 10.1. The third kappa shape index (κ3) is 2.98. The van der Waals surface area contributed by atoms with Gasteiger partial charge in [0.05, 0.1) is 36.3 Å². The van der Waals surface area contributed by atoms with E-state index in [0.29, 0.717) is 12.1 Å². The highest BCUT2D eigenvalue weighted by Gasteiger charge is 2.31. The lowest BCUT2D eigenvalue weighted by molar-refractivity contribution is -0.387. The molecule has 114 valence electrons. The highest BCUT2D eigenvalue weighted by molar-refractivity contribution is 5.95. The first-order chi connectivity index (χ1) is 9.95. The molecule has 0 aliphatic carbocycles. The molecule has 0 radical (unpaired) electrons. The van der Waals surface area contributed by atoms with E-state index in [4.69, 9.17) is 4.74 Å². The van der Waals surface area contributed by atoms with Gasteiger partial charge in [-0.1, -0.05) is 0 Å². The molecule has 1 saturated heterocycles. The molecular formula is C12H12F2N2O5. The largest absolute Gasteiger partial charge is 0.394 e. The van der Waals surface area contributed by atoms with Gasteiger partial charge < -0.3 is 14.7 Å². The second kappa shape index (κ2) is 6.10. The average molecular weight is 302 g/mol. The summed E-state index contributed by atoms with van der Waals surface area (Å²) in [5.74, 6) is -3.39. The average Bonchev–Trinajstić information content (AvgIpc) is 2.46. The molecule has 1 aliphatic heterocycles. The number of rotatable bonds is 3. The summed E-state index contributed by atoms with van der Waals surface area (Å²) in [5.41, 5.74) is -1.59. The first kappa shape index (κ1) is 15.3. The highest BCUT2D eigenvalue weighted by Crippen LogP contribution is 2.23. The summed E-state index contributed by atoms with van der Waals surface area (Å²) in [6, 6.07) is 0.200. The molecule has 1 atom stereocenters. The van der Waals surface area contributed by atoms with Crippen LogP contribution in [0.1, 0.15) is 10.4 Å². The Morgan fingerprint density at radius 3 is 2.81 bits per heavy atom. The van der Waals surface area contributed by atoms with Crippen LogP contribution in [0.3, 0.4) is 0 Å². The molecule has 7 nitrogen and oxygen atoms in total. The standard InChI is InChI=1S/C12H12F2N2O5/c13-9-4-10(14)11(16(19)20)3-8(9)12(18)15-1-2-21-6-7(15)5-17/h3-4,7,17H,1-2,5-6H2. The van der Waals surface area contributed by atoms with Crippen molar-refractivity contribution in [3.63, 3.8) is 0 Å². The summed E-state index contributed by atoms with van der Waals surface area (Å²) in [7, 11) is 0. The van der Waals surface area contributed by atoms with Crippen molar-refractivity contribution in [1.29, 1.82) is 0 Å². The Morgan fingerprint density at radius 2 is 2.19 bits per heavy atom. The molecule has 1 aromatic carbocycles. The van der Waals surface area contributed by atoms with Gasteiger partial charge in [-0.25, -0.2) is 4.39 Å². The number of amides is 1. The van der Waals surface area contributed by atoms with Crippen molar-refractivity contribution in [2.45, 2.75) is 6.04 Å². The fourth-order valence-electron chi connectivity index (χ4n) is 2.07. The normalized spacial score (nSPS) is 18.6. The maximum atomic E-state index is 13.7. The molecule has 21 heavy (non-hydrogen) atoms. The molecule has 1 fully saturated rings. The summed E-state index contributed by atoms with van der Waals surface area (Å²) in [6.07, 6.45) is 0. The predicted octanol–water partition coefficient (Wildman–Crippen LogP) is 0.706. The minimum atomic E-state index is -1.35. The van der Waals surface area contributed by atoms with Gasteiger partial charge in [-0.15, -0.1) is 0 Å². The third-order valence-electron chi connectivity index (χ3n) is 3.16. The van der Waals surface area contributed by atoms with Crippen LogP contribution < -0.4 is 0 Å². The van der Waals surface area contributed by atoms with Gasteiger partial charge in [0.15, 0.2) is 0 Å². The van der Waals surface area contributed by atoms with E-state index in [-0.39, 0.29) is 19.8 Å². The zero-order valence-corrected chi connectivity index (χ0v) is 10.8. The Balaban J connectivity index is 2.38. The molecule has 2 rings (SSSR count). The van der Waals surface area contributed by atoms with Gasteiger partial charge in [-0.3, -0.25) is 14.9 Å².